The lowest BCUT2D eigenvalue weighted by atomic mass is 10.2. The van der Waals surface area contributed by atoms with E-state index in [1.165, 1.54) is 0 Å². The van der Waals surface area contributed by atoms with E-state index >= 15 is 0 Å². The topological polar surface area (TPSA) is 95.9 Å². The quantitative estimate of drug-likeness (QED) is 0.449. The number of hydrogen-bond donors (Lipinski definition) is 3. The zero-order valence-corrected chi connectivity index (χ0v) is 8.95. The van der Waals surface area contributed by atoms with Gasteiger partial charge in [-0.1, -0.05) is 30.3 Å². The van der Waals surface area contributed by atoms with Gasteiger partial charge in [-0.25, -0.2) is 4.79 Å². The lowest BCUT2D eigenvalue weighted by molar-refractivity contribution is -0.159. The number of carbonyl (C=O) groups excluding carboxylic acids is 1. The van der Waals surface area contributed by atoms with Crippen LogP contribution in [0.2, 0.25) is 0 Å². The average molecular weight is 239 g/mol. The maximum Gasteiger partial charge on any atom is 0.337 e. The van der Waals surface area contributed by atoms with Crippen molar-refractivity contribution in [3.63, 3.8) is 0 Å². The van der Waals surface area contributed by atoms with Crippen molar-refractivity contribution in [1.29, 1.82) is 0 Å². The highest BCUT2D eigenvalue weighted by Crippen LogP contribution is 2.04. The third kappa shape index (κ3) is 4.21. The molecule has 6 heteroatoms. The Bertz CT molecular complexity index is 367. The summed E-state index contributed by atoms with van der Waals surface area (Å²) < 4.78 is 5.12. The van der Waals surface area contributed by atoms with Gasteiger partial charge in [-0.15, -0.1) is 0 Å². The van der Waals surface area contributed by atoms with Crippen molar-refractivity contribution >= 4 is 12.4 Å². The third-order valence-electron chi connectivity index (χ3n) is 2.04. The Labute approximate surface area is 97.8 Å². The van der Waals surface area contributed by atoms with Crippen LogP contribution in [0.15, 0.2) is 30.3 Å². The molecule has 0 radical (unpaired) electrons. The first kappa shape index (κ1) is 13.1. The minimum absolute atomic E-state index is 0.0939. The molecule has 0 saturated heterocycles. The van der Waals surface area contributed by atoms with Crippen LogP contribution in [0.25, 0.3) is 0 Å². The summed E-state index contributed by atoms with van der Waals surface area (Å²) in [5.74, 6) is -1.46. The number of hydrogen-bond acceptors (Lipinski definition) is 4. The van der Waals surface area contributed by atoms with Crippen LogP contribution in [0.4, 0.5) is 0 Å². The fourth-order valence-electron chi connectivity index (χ4n) is 1.19. The molecule has 0 aliphatic rings. The number of benzene rings is 1. The predicted molar refractivity (Wildman–Crippen MR) is 57.9 cm³/mol. The Hall–Kier alpha value is -1.92. The van der Waals surface area contributed by atoms with Gasteiger partial charge in [0, 0.05) is 0 Å². The molecule has 1 amide bonds. The lowest BCUT2D eigenvalue weighted by Crippen LogP contribution is -2.45. The number of carbonyl (C=O) groups is 2. The second-order valence-corrected chi connectivity index (χ2v) is 3.28. The highest BCUT2D eigenvalue weighted by Gasteiger charge is 2.25. The molecule has 0 fully saturated rings. The van der Waals surface area contributed by atoms with Crippen LogP contribution in [0.1, 0.15) is 5.56 Å². The van der Waals surface area contributed by atoms with Gasteiger partial charge in [0.2, 0.25) is 6.41 Å². The number of aliphatic hydroxyl groups excluding tert-OH is 1. The minimum atomic E-state index is -1.80. The van der Waals surface area contributed by atoms with E-state index < -0.39 is 18.3 Å². The third-order valence-corrected chi connectivity index (χ3v) is 2.04. The van der Waals surface area contributed by atoms with Crippen molar-refractivity contribution in [3.05, 3.63) is 35.9 Å². The molecule has 1 aromatic rings. The Morgan fingerprint density at radius 2 is 2.06 bits per heavy atom. The highest BCUT2D eigenvalue weighted by molar-refractivity contribution is 5.73. The summed E-state index contributed by atoms with van der Waals surface area (Å²) in [6, 6.07) is 9.00. The summed E-state index contributed by atoms with van der Waals surface area (Å²) in [7, 11) is 0. The van der Waals surface area contributed by atoms with E-state index in [9.17, 15) is 14.7 Å². The second kappa shape index (κ2) is 6.62. The number of carboxylic acids is 1. The zero-order chi connectivity index (χ0) is 12.7. The summed E-state index contributed by atoms with van der Waals surface area (Å²) >= 11 is 0. The van der Waals surface area contributed by atoms with E-state index in [-0.39, 0.29) is 13.0 Å². The minimum Gasteiger partial charge on any atom is -0.479 e. The molecule has 0 aromatic heterocycles. The Morgan fingerprint density at radius 1 is 1.41 bits per heavy atom. The summed E-state index contributed by atoms with van der Waals surface area (Å²) in [5.41, 5.74) is 0.808. The first-order valence-corrected chi connectivity index (χ1v) is 4.91. The van der Waals surface area contributed by atoms with Crippen LogP contribution in [-0.4, -0.2) is 34.9 Å². The van der Waals surface area contributed by atoms with E-state index in [1.54, 1.807) is 24.3 Å². The number of ether oxygens (including phenoxy) is 1. The molecule has 17 heavy (non-hydrogen) atoms. The van der Waals surface area contributed by atoms with Crippen molar-refractivity contribution in [3.8, 4) is 0 Å². The summed E-state index contributed by atoms with van der Waals surface area (Å²) in [4.78, 5) is 20.8. The van der Waals surface area contributed by atoms with Crippen LogP contribution in [0.5, 0.6) is 0 Å². The maximum atomic E-state index is 10.5. The monoisotopic (exact) mass is 239 g/mol. The molecule has 0 saturated carbocycles. The zero-order valence-electron chi connectivity index (χ0n) is 8.95. The van der Waals surface area contributed by atoms with Crippen LogP contribution >= 0.6 is 0 Å². The van der Waals surface area contributed by atoms with Gasteiger partial charge >= 0.3 is 5.97 Å². The van der Waals surface area contributed by atoms with E-state index in [0.29, 0.717) is 0 Å². The van der Waals surface area contributed by atoms with E-state index in [1.807, 2.05) is 6.07 Å². The molecule has 0 heterocycles. The molecule has 1 rings (SSSR count). The molecule has 0 spiro atoms. The molecule has 2 atom stereocenters. The van der Waals surface area contributed by atoms with Gasteiger partial charge in [0.05, 0.1) is 6.61 Å². The first-order valence-electron chi connectivity index (χ1n) is 4.91. The molecule has 2 unspecified atom stereocenters. The number of aliphatic hydroxyl groups is 1. The number of rotatable bonds is 7. The normalized spacial score (nSPS) is 13.7. The van der Waals surface area contributed by atoms with E-state index in [0.717, 1.165) is 5.56 Å². The van der Waals surface area contributed by atoms with Crippen molar-refractivity contribution in [2.75, 3.05) is 0 Å². The fourth-order valence-corrected chi connectivity index (χ4v) is 1.19. The predicted octanol–water partition coefficient (Wildman–Crippen LogP) is -0.279. The molecule has 0 aliphatic carbocycles. The SMILES string of the molecule is O=CNC(OCc1ccccc1)C(O)C(=O)O. The molecule has 92 valence electrons. The first-order chi connectivity index (χ1) is 8.15. The molecule has 3 N–H and O–H groups in total. The van der Waals surface area contributed by atoms with Gasteiger partial charge in [-0.05, 0) is 5.56 Å². The van der Waals surface area contributed by atoms with Crippen molar-refractivity contribution in [1.82, 2.24) is 5.32 Å². The van der Waals surface area contributed by atoms with Crippen molar-refractivity contribution in [2.45, 2.75) is 18.9 Å². The van der Waals surface area contributed by atoms with Gasteiger partial charge in [0.25, 0.3) is 0 Å². The molecule has 0 bridgehead atoms. The summed E-state index contributed by atoms with van der Waals surface area (Å²) in [5, 5.41) is 19.9. The van der Waals surface area contributed by atoms with Crippen LogP contribution < -0.4 is 5.32 Å². The largest absolute Gasteiger partial charge is 0.479 e. The number of aliphatic carboxylic acids is 1. The van der Waals surface area contributed by atoms with E-state index in [2.05, 4.69) is 5.32 Å². The Balaban J connectivity index is 2.55. The van der Waals surface area contributed by atoms with Gasteiger partial charge < -0.3 is 20.3 Å². The van der Waals surface area contributed by atoms with Gasteiger partial charge in [0.1, 0.15) is 0 Å². The smallest absolute Gasteiger partial charge is 0.337 e. The maximum absolute atomic E-state index is 10.5. The molecule has 1 aromatic carbocycles. The fraction of sp³-hybridized carbons (Fsp3) is 0.273. The molecule has 0 aliphatic heterocycles. The average Bonchev–Trinajstić information content (AvgIpc) is 2.34. The summed E-state index contributed by atoms with van der Waals surface area (Å²) in [6.45, 7) is 0.0939. The van der Waals surface area contributed by atoms with Crippen LogP contribution in [0.3, 0.4) is 0 Å². The molecule has 6 nitrogen and oxygen atoms in total. The second-order valence-electron chi connectivity index (χ2n) is 3.28. The highest BCUT2D eigenvalue weighted by atomic mass is 16.5. The van der Waals surface area contributed by atoms with E-state index in [4.69, 9.17) is 9.84 Å². The Morgan fingerprint density at radius 3 is 2.59 bits per heavy atom. The van der Waals surface area contributed by atoms with Crippen molar-refractivity contribution < 1.29 is 24.5 Å². The summed E-state index contributed by atoms with van der Waals surface area (Å²) in [6.07, 6.45) is -2.80. The number of carboxylic acid groups (broad SMARTS) is 1. The lowest BCUT2D eigenvalue weighted by Gasteiger charge is -2.19. The van der Waals surface area contributed by atoms with Gasteiger partial charge in [0.15, 0.2) is 12.3 Å². The van der Waals surface area contributed by atoms with Crippen LogP contribution in [-0.2, 0) is 20.9 Å². The molecular formula is C11H13NO5. The standard InChI is InChI=1S/C11H13NO5/c13-7-12-10(9(14)11(15)16)17-6-8-4-2-1-3-5-8/h1-5,7,9-10,14H,6H2,(H,12,13)(H,15,16). The Kier molecular flexibility index (Phi) is 5.12. The van der Waals surface area contributed by atoms with Gasteiger partial charge in [-0.2, -0.15) is 0 Å². The molecular weight excluding hydrogens is 226 g/mol. The number of amides is 1. The van der Waals surface area contributed by atoms with Crippen LogP contribution in [0, 0.1) is 0 Å². The number of nitrogens with one attached hydrogen (secondary N) is 1. The van der Waals surface area contributed by atoms with Gasteiger partial charge in [-0.3, -0.25) is 4.79 Å². The van der Waals surface area contributed by atoms with Crippen molar-refractivity contribution in [2.24, 2.45) is 0 Å².